The maximum absolute atomic E-state index is 13.3. The summed E-state index contributed by atoms with van der Waals surface area (Å²) in [5.41, 5.74) is 4.49. The highest BCUT2D eigenvalue weighted by atomic mass is 16.2. The van der Waals surface area contributed by atoms with Crippen LogP contribution in [0, 0.1) is 0 Å². The zero-order valence-electron chi connectivity index (χ0n) is 23.4. The van der Waals surface area contributed by atoms with Crippen LogP contribution in [0.5, 0.6) is 0 Å². The minimum atomic E-state index is -0.242. The highest BCUT2D eigenvalue weighted by Crippen LogP contribution is 2.34. The van der Waals surface area contributed by atoms with Crippen molar-refractivity contribution in [2.45, 2.75) is 32.4 Å². The van der Waals surface area contributed by atoms with E-state index in [4.69, 9.17) is 0 Å². The maximum Gasteiger partial charge on any atom is 0.321 e. The largest absolute Gasteiger partial charge is 0.351 e. The second-order valence-electron chi connectivity index (χ2n) is 10.1. The van der Waals surface area contributed by atoms with Gasteiger partial charge in [-0.2, -0.15) is 5.10 Å². The number of hydrogen-bond donors (Lipinski definition) is 2. The summed E-state index contributed by atoms with van der Waals surface area (Å²) in [4.78, 5) is 47.1. The molecule has 0 bridgehead atoms. The Labute approximate surface area is 228 Å². The topological polar surface area (TPSA) is 116 Å². The van der Waals surface area contributed by atoms with E-state index in [1.165, 1.54) is 9.80 Å². The van der Waals surface area contributed by atoms with Crippen LogP contribution in [-0.2, 0) is 20.1 Å². The number of nitrogens with zero attached hydrogens (tertiary/aromatic N) is 6. The molecule has 3 heterocycles. The molecule has 4 rings (SSSR count). The fourth-order valence-corrected chi connectivity index (χ4v) is 4.70. The SMILES string of the molecule is CC[C@H]1CN(c2ccc(C(=O)N(C)C)cn2)Cc2c(C(=O)NCc3ccc(NC(=O)N(C)C)cc3)nn(C)c21. The van der Waals surface area contributed by atoms with Crippen molar-refractivity contribution in [2.24, 2.45) is 7.05 Å². The van der Waals surface area contributed by atoms with Crippen LogP contribution < -0.4 is 15.5 Å². The predicted octanol–water partition coefficient (Wildman–Crippen LogP) is 3.05. The van der Waals surface area contributed by atoms with Gasteiger partial charge < -0.3 is 25.3 Å². The Hall–Kier alpha value is -4.41. The normalized spacial score (nSPS) is 14.4. The van der Waals surface area contributed by atoms with Crippen LogP contribution in [0.15, 0.2) is 42.6 Å². The summed E-state index contributed by atoms with van der Waals surface area (Å²) in [7, 11) is 8.67. The lowest BCUT2D eigenvalue weighted by Crippen LogP contribution is -2.36. The van der Waals surface area contributed by atoms with Gasteiger partial charge in [-0.1, -0.05) is 19.1 Å². The number of rotatable bonds is 7. The Morgan fingerprint density at radius 1 is 1.03 bits per heavy atom. The molecule has 0 aliphatic carbocycles. The van der Waals surface area contributed by atoms with E-state index >= 15 is 0 Å². The van der Waals surface area contributed by atoms with Crippen LogP contribution >= 0.6 is 0 Å². The van der Waals surface area contributed by atoms with Crippen molar-refractivity contribution >= 4 is 29.4 Å². The van der Waals surface area contributed by atoms with Crippen LogP contribution in [0.2, 0.25) is 0 Å². The number of aromatic nitrogens is 3. The summed E-state index contributed by atoms with van der Waals surface area (Å²) >= 11 is 0. The molecular weight excluding hydrogens is 496 g/mol. The number of nitrogens with one attached hydrogen (secondary N) is 2. The number of carbonyl (C=O) groups excluding carboxylic acids is 3. The number of hydrogen-bond acceptors (Lipinski definition) is 6. The summed E-state index contributed by atoms with van der Waals surface area (Å²) in [6.07, 6.45) is 2.49. The van der Waals surface area contributed by atoms with Crippen LogP contribution in [-0.4, -0.2) is 77.1 Å². The van der Waals surface area contributed by atoms with E-state index in [1.54, 1.807) is 52.6 Å². The summed E-state index contributed by atoms with van der Waals surface area (Å²) in [6.45, 7) is 3.70. The van der Waals surface area contributed by atoms with Crippen LogP contribution in [0.3, 0.4) is 0 Å². The Morgan fingerprint density at radius 3 is 2.33 bits per heavy atom. The Kier molecular flexibility index (Phi) is 8.18. The number of benzene rings is 1. The second-order valence-corrected chi connectivity index (χ2v) is 10.1. The fourth-order valence-electron chi connectivity index (χ4n) is 4.70. The highest BCUT2D eigenvalue weighted by molar-refractivity contribution is 5.95. The quantitative estimate of drug-likeness (QED) is 0.483. The smallest absolute Gasteiger partial charge is 0.321 e. The van der Waals surface area contributed by atoms with E-state index in [0.29, 0.717) is 30.0 Å². The third kappa shape index (κ3) is 6.02. The molecule has 0 unspecified atom stereocenters. The number of anilines is 2. The van der Waals surface area contributed by atoms with Gasteiger partial charge in [0.1, 0.15) is 5.82 Å². The van der Waals surface area contributed by atoms with Crippen molar-refractivity contribution in [2.75, 3.05) is 45.0 Å². The molecule has 0 spiro atoms. The van der Waals surface area contributed by atoms with Crippen molar-refractivity contribution in [3.63, 3.8) is 0 Å². The third-order valence-electron chi connectivity index (χ3n) is 6.87. The first-order valence-corrected chi connectivity index (χ1v) is 12.9. The molecule has 206 valence electrons. The van der Waals surface area contributed by atoms with Crippen molar-refractivity contribution in [3.05, 3.63) is 70.7 Å². The lowest BCUT2D eigenvalue weighted by atomic mass is 9.92. The number of pyridine rings is 1. The Morgan fingerprint density at radius 2 is 1.74 bits per heavy atom. The van der Waals surface area contributed by atoms with Gasteiger partial charge in [-0.05, 0) is 36.2 Å². The maximum atomic E-state index is 13.3. The van der Waals surface area contributed by atoms with E-state index in [2.05, 4.69) is 32.5 Å². The summed E-state index contributed by atoms with van der Waals surface area (Å²) in [6, 6.07) is 10.8. The van der Waals surface area contributed by atoms with Crippen molar-refractivity contribution in [3.8, 4) is 0 Å². The minimum absolute atomic E-state index is 0.0967. The Bertz CT molecular complexity index is 1350. The van der Waals surface area contributed by atoms with E-state index in [0.717, 1.165) is 35.6 Å². The van der Waals surface area contributed by atoms with Gasteiger partial charge in [-0.3, -0.25) is 14.3 Å². The van der Waals surface area contributed by atoms with Gasteiger partial charge in [0.25, 0.3) is 11.8 Å². The lowest BCUT2D eigenvalue weighted by Gasteiger charge is -2.34. The fraction of sp³-hybridized carbons (Fsp3) is 0.393. The molecule has 39 heavy (non-hydrogen) atoms. The molecule has 1 atom stereocenters. The number of fused-ring (bicyclic) bond motifs is 1. The second kappa shape index (κ2) is 11.5. The third-order valence-corrected chi connectivity index (χ3v) is 6.87. The zero-order valence-corrected chi connectivity index (χ0v) is 23.4. The van der Waals surface area contributed by atoms with Crippen molar-refractivity contribution in [1.82, 2.24) is 29.9 Å². The molecule has 2 N–H and O–H groups in total. The van der Waals surface area contributed by atoms with Crippen LogP contribution in [0.25, 0.3) is 0 Å². The molecule has 2 aromatic heterocycles. The number of amides is 4. The van der Waals surface area contributed by atoms with Crippen molar-refractivity contribution < 1.29 is 14.4 Å². The molecule has 0 saturated carbocycles. The van der Waals surface area contributed by atoms with Crippen molar-refractivity contribution in [1.29, 1.82) is 0 Å². The first-order valence-electron chi connectivity index (χ1n) is 12.9. The van der Waals surface area contributed by atoms with E-state index in [9.17, 15) is 14.4 Å². The monoisotopic (exact) mass is 532 g/mol. The van der Waals surface area contributed by atoms with Gasteiger partial charge in [0.15, 0.2) is 5.69 Å². The zero-order chi connectivity index (χ0) is 28.3. The van der Waals surface area contributed by atoms with Gasteiger partial charge in [-0.25, -0.2) is 9.78 Å². The average Bonchev–Trinajstić information content (AvgIpc) is 3.27. The molecule has 0 fully saturated rings. The predicted molar refractivity (Wildman–Crippen MR) is 150 cm³/mol. The van der Waals surface area contributed by atoms with Gasteiger partial charge >= 0.3 is 6.03 Å². The molecule has 3 aromatic rings. The molecule has 4 amide bonds. The summed E-state index contributed by atoms with van der Waals surface area (Å²) in [5.74, 6) is 0.600. The average molecular weight is 533 g/mol. The van der Waals surface area contributed by atoms with Crippen LogP contribution in [0.4, 0.5) is 16.3 Å². The molecular formula is C28H36N8O3. The molecule has 0 saturated heterocycles. The molecule has 1 aliphatic rings. The number of carbonyl (C=O) groups is 3. The van der Waals surface area contributed by atoms with Gasteiger partial charge in [-0.15, -0.1) is 0 Å². The van der Waals surface area contributed by atoms with E-state index < -0.39 is 0 Å². The Balaban J connectivity index is 1.49. The van der Waals surface area contributed by atoms with Gasteiger partial charge in [0.05, 0.1) is 5.56 Å². The van der Waals surface area contributed by atoms with Gasteiger partial charge in [0, 0.05) is 83.9 Å². The van der Waals surface area contributed by atoms with Crippen LogP contribution in [0.1, 0.15) is 56.9 Å². The molecule has 11 heteroatoms. The molecule has 1 aromatic carbocycles. The minimum Gasteiger partial charge on any atom is -0.351 e. The standard InChI is InChI=1S/C28H36N8O3/c1-7-19-16-36(23-13-10-20(15-29-23)27(38)33(2)3)17-22-24(32-35(6)25(19)22)26(37)30-14-18-8-11-21(12-9-18)31-28(39)34(4)5/h8-13,15,19H,7,14,16-17H2,1-6H3,(H,30,37)(H,31,39)/t19-/m0/s1. The summed E-state index contributed by atoms with van der Waals surface area (Å²) in [5, 5.41) is 10.4. The van der Waals surface area contributed by atoms with Gasteiger partial charge in [0.2, 0.25) is 0 Å². The molecule has 0 radical (unpaired) electrons. The summed E-state index contributed by atoms with van der Waals surface area (Å²) < 4.78 is 1.82. The van der Waals surface area contributed by atoms with E-state index in [1.807, 2.05) is 29.9 Å². The number of aryl methyl sites for hydroxylation is 1. The molecule has 11 nitrogen and oxygen atoms in total. The van der Waals surface area contributed by atoms with E-state index in [-0.39, 0.29) is 23.8 Å². The lowest BCUT2D eigenvalue weighted by molar-refractivity contribution is 0.0826. The first kappa shape index (κ1) is 27.6. The number of urea groups is 1. The molecule has 1 aliphatic heterocycles. The first-order chi connectivity index (χ1) is 18.6. The highest BCUT2D eigenvalue weighted by Gasteiger charge is 2.33.